The van der Waals surface area contributed by atoms with E-state index in [1.54, 1.807) is 12.0 Å². The number of carbonyl (C=O) groups is 2. The molecule has 0 saturated carbocycles. The van der Waals surface area contributed by atoms with Crippen LogP contribution in [0.2, 0.25) is 0 Å². The van der Waals surface area contributed by atoms with E-state index in [9.17, 15) is 9.59 Å². The fourth-order valence-corrected chi connectivity index (χ4v) is 2.72. The Hall–Kier alpha value is -2.24. The summed E-state index contributed by atoms with van der Waals surface area (Å²) in [5.74, 6) is 1.65. The summed E-state index contributed by atoms with van der Waals surface area (Å²) in [4.78, 5) is 25.8. The van der Waals surface area contributed by atoms with Gasteiger partial charge in [-0.25, -0.2) is 0 Å². The van der Waals surface area contributed by atoms with Crippen LogP contribution in [0.3, 0.4) is 0 Å². The first-order valence-corrected chi connectivity index (χ1v) is 8.32. The number of methoxy groups -OCH3 is 1. The lowest BCUT2D eigenvalue weighted by molar-refractivity contribution is -0.129. The Morgan fingerprint density at radius 2 is 1.96 bits per heavy atom. The van der Waals surface area contributed by atoms with Crippen molar-refractivity contribution in [3.8, 4) is 11.5 Å². The van der Waals surface area contributed by atoms with Crippen LogP contribution in [0.15, 0.2) is 24.3 Å². The van der Waals surface area contributed by atoms with Crippen LogP contribution in [-0.4, -0.2) is 50.1 Å². The highest BCUT2D eigenvalue weighted by Crippen LogP contribution is 2.19. The molecule has 0 bridgehead atoms. The highest BCUT2D eigenvalue weighted by atomic mass is 16.5. The zero-order valence-corrected chi connectivity index (χ0v) is 14.6. The Labute approximate surface area is 143 Å². The Balaban J connectivity index is 1.68. The lowest BCUT2D eigenvalue weighted by atomic mass is 10.1. The van der Waals surface area contributed by atoms with E-state index in [1.165, 1.54) is 0 Å². The number of benzene rings is 1. The summed E-state index contributed by atoms with van der Waals surface area (Å²) >= 11 is 0. The molecule has 1 unspecified atom stereocenters. The first-order valence-electron chi connectivity index (χ1n) is 8.32. The molecule has 0 spiro atoms. The minimum atomic E-state index is -0.253. The van der Waals surface area contributed by atoms with Crippen molar-refractivity contribution in [1.82, 2.24) is 10.2 Å². The number of likely N-dealkylation sites (tertiary alicyclic amines) is 1. The summed E-state index contributed by atoms with van der Waals surface area (Å²) in [6.45, 7) is 6.16. The molecule has 2 rings (SSSR count). The molecule has 0 aromatic heterocycles. The summed E-state index contributed by atoms with van der Waals surface area (Å²) in [5, 5.41) is 2.84. The third kappa shape index (κ3) is 5.15. The Bertz CT molecular complexity index is 557. The number of ether oxygens (including phenoxy) is 2. The fourth-order valence-electron chi connectivity index (χ4n) is 2.72. The SMILES string of the molecule is COc1ccc(OCCNC(=O)C2CC(=O)N(CC(C)C)C2)cc1. The molecule has 1 aromatic carbocycles. The summed E-state index contributed by atoms with van der Waals surface area (Å²) in [6.07, 6.45) is 0.303. The average Bonchev–Trinajstić information content (AvgIpc) is 2.92. The molecule has 1 aromatic rings. The predicted molar refractivity (Wildman–Crippen MR) is 91.0 cm³/mol. The van der Waals surface area contributed by atoms with Crippen LogP contribution in [0.4, 0.5) is 0 Å². The topological polar surface area (TPSA) is 67.9 Å². The molecule has 1 aliphatic rings. The largest absolute Gasteiger partial charge is 0.497 e. The molecule has 1 fully saturated rings. The van der Waals surface area contributed by atoms with Gasteiger partial charge in [0, 0.05) is 19.5 Å². The molecule has 0 radical (unpaired) electrons. The summed E-state index contributed by atoms with van der Waals surface area (Å²) in [5.41, 5.74) is 0. The van der Waals surface area contributed by atoms with E-state index >= 15 is 0 Å². The summed E-state index contributed by atoms with van der Waals surface area (Å²) < 4.78 is 10.6. The molecule has 1 heterocycles. The molecule has 2 amide bonds. The van der Waals surface area contributed by atoms with Gasteiger partial charge in [-0.1, -0.05) is 13.8 Å². The van der Waals surface area contributed by atoms with Gasteiger partial charge in [-0.3, -0.25) is 9.59 Å². The lowest BCUT2D eigenvalue weighted by Crippen LogP contribution is -2.35. The fraction of sp³-hybridized carbons (Fsp3) is 0.556. The number of amides is 2. The third-order valence-corrected chi connectivity index (χ3v) is 3.90. The second kappa shape index (κ2) is 8.57. The van der Waals surface area contributed by atoms with Gasteiger partial charge in [-0.05, 0) is 30.2 Å². The lowest BCUT2D eigenvalue weighted by Gasteiger charge is -2.18. The second-order valence-electron chi connectivity index (χ2n) is 6.41. The molecule has 1 saturated heterocycles. The molecule has 24 heavy (non-hydrogen) atoms. The van der Waals surface area contributed by atoms with E-state index in [2.05, 4.69) is 19.2 Å². The van der Waals surface area contributed by atoms with Crippen molar-refractivity contribution < 1.29 is 19.1 Å². The van der Waals surface area contributed by atoms with Gasteiger partial charge in [0.05, 0.1) is 19.6 Å². The Kier molecular flexibility index (Phi) is 6.46. The monoisotopic (exact) mass is 334 g/mol. The molecular weight excluding hydrogens is 308 g/mol. The van der Waals surface area contributed by atoms with Gasteiger partial charge in [0.15, 0.2) is 0 Å². The van der Waals surface area contributed by atoms with Crippen molar-refractivity contribution in [3.05, 3.63) is 24.3 Å². The number of hydrogen-bond donors (Lipinski definition) is 1. The Morgan fingerprint density at radius 1 is 1.29 bits per heavy atom. The molecule has 6 nitrogen and oxygen atoms in total. The second-order valence-corrected chi connectivity index (χ2v) is 6.41. The number of rotatable bonds is 8. The van der Waals surface area contributed by atoms with E-state index in [0.717, 1.165) is 11.5 Å². The standard InChI is InChI=1S/C18H26N2O4/c1-13(2)11-20-12-14(10-17(20)21)18(22)19-8-9-24-16-6-4-15(23-3)5-7-16/h4-7,13-14H,8-12H2,1-3H3,(H,19,22). The smallest absolute Gasteiger partial charge is 0.225 e. The molecule has 1 atom stereocenters. The van der Waals surface area contributed by atoms with Gasteiger partial charge in [0.1, 0.15) is 18.1 Å². The summed E-state index contributed by atoms with van der Waals surface area (Å²) in [7, 11) is 1.61. The van der Waals surface area contributed by atoms with Crippen molar-refractivity contribution >= 4 is 11.8 Å². The van der Waals surface area contributed by atoms with Crippen LogP contribution in [0.1, 0.15) is 20.3 Å². The van der Waals surface area contributed by atoms with Crippen molar-refractivity contribution in [2.24, 2.45) is 11.8 Å². The number of nitrogens with one attached hydrogen (secondary N) is 1. The molecular formula is C18H26N2O4. The van der Waals surface area contributed by atoms with Crippen molar-refractivity contribution in [1.29, 1.82) is 0 Å². The van der Waals surface area contributed by atoms with E-state index in [4.69, 9.17) is 9.47 Å². The molecule has 6 heteroatoms. The number of nitrogens with zero attached hydrogens (tertiary/aromatic N) is 1. The van der Waals surface area contributed by atoms with Gasteiger partial charge in [0.25, 0.3) is 0 Å². The van der Waals surface area contributed by atoms with Crippen LogP contribution in [0.25, 0.3) is 0 Å². The number of carbonyl (C=O) groups excluding carboxylic acids is 2. The minimum absolute atomic E-state index is 0.0679. The quantitative estimate of drug-likeness (QED) is 0.735. The van der Waals surface area contributed by atoms with E-state index in [0.29, 0.717) is 38.6 Å². The zero-order valence-electron chi connectivity index (χ0n) is 14.6. The van der Waals surface area contributed by atoms with Gasteiger partial charge in [-0.2, -0.15) is 0 Å². The molecule has 1 N–H and O–H groups in total. The minimum Gasteiger partial charge on any atom is -0.497 e. The van der Waals surface area contributed by atoms with Crippen LogP contribution in [0.5, 0.6) is 11.5 Å². The maximum atomic E-state index is 12.2. The summed E-state index contributed by atoms with van der Waals surface area (Å²) in [6, 6.07) is 7.28. The molecule has 132 valence electrons. The van der Waals surface area contributed by atoms with Crippen molar-refractivity contribution in [3.63, 3.8) is 0 Å². The highest BCUT2D eigenvalue weighted by Gasteiger charge is 2.34. The van der Waals surface area contributed by atoms with Gasteiger partial charge < -0.3 is 19.7 Å². The molecule has 1 aliphatic heterocycles. The van der Waals surface area contributed by atoms with Gasteiger partial charge in [0.2, 0.25) is 11.8 Å². The van der Waals surface area contributed by atoms with Gasteiger partial charge in [-0.15, -0.1) is 0 Å². The average molecular weight is 334 g/mol. The predicted octanol–water partition coefficient (Wildman–Crippen LogP) is 1.69. The van der Waals surface area contributed by atoms with Crippen molar-refractivity contribution in [2.75, 3.05) is 33.4 Å². The zero-order chi connectivity index (χ0) is 17.5. The van der Waals surface area contributed by atoms with Crippen LogP contribution in [-0.2, 0) is 9.59 Å². The molecule has 0 aliphatic carbocycles. The van der Waals surface area contributed by atoms with Crippen LogP contribution >= 0.6 is 0 Å². The first-order chi connectivity index (χ1) is 11.5. The third-order valence-electron chi connectivity index (χ3n) is 3.90. The maximum absolute atomic E-state index is 12.2. The normalized spacial score (nSPS) is 17.2. The van der Waals surface area contributed by atoms with Crippen LogP contribution in [0, 0.1) is 11.8 Å². The van der Waals surface area contributed by atoms with E-state index in [-0.39, 0.29) is 17.7 Å². The van der Waals surface area contributed by atoms with Crippen LogP contribution < -0.4 is 14.8 Å². The number of hydrogen-bond acceptors (Lipinski definition) is 4. The first kappa shape index (κ1) is 18.1. The van der Waals surface area contributed by atoms with E-state index in [1.807, 2.05) is 24.3 Å². The van der Waals surface area contributed by atoms with Gasteiger partial charge >= 0.3 is 0 Å². The van der Waals surface area contributed by atoms with E-state index < -0.39 is 0 Å². The Morgan fingerprint density at radius 3 is 2.58 bits per heavy atom. The van der Waals surface area contributed by atoms with Crippen molar-refractivity contribution in [2.45, 2.75) is 20.3 Å². The highest BCUT2D eigenvalue weighted by molar-refractivity contribution is 5.89. The maximum Gasteiger partial charge on any atom is 0.225 e.